The molecule has 0 aromatic heterocycles. The van der Waals surface area contributed by atoms with Crippen LogP contribution in [0.5, 0.6) is 0 Å². The van der Waals surface area contributed by atoms with E-state index in [0.29, 0.717) is 0 Å². The van der Waals surface area contributed by atoms with E-state index in [2.05, 4.69) is 0 Å². The van der Waals surface area contributed by atoms with Crippen molar-refractivity contribution in [2.24, 2.45) is 0 Å². The van der Waals surface area contributed by atoms with Crippen molar-refractivity contribution in [1.29, 1.82) is 0 Å². The third kappa shape index (κ3) is 482. The first-order valence-electron chi connectivity index (χ1n) is 0.783. The molecule has 8 heteroatoms. The molecule has 1 radical (unpaired) electrons. The molecular weight excluding hydrogens is 197 g/mol. The van der Waals surface area contributed by atoms with Crippen molar-refractivity contribution in [2.45, 2.75) is 0 Å². The number of hydrogen-bond donors (Lipinski definition) is 3. The Labute approximate surface area is 58.4 Å². The molecule has 0 unspecified atom stereocenters. The van der Waals surface area contributed by atoms with Crippen LogP contribution in [0.3, 0.4) is 0 Å². The molecule has 0 aliphatic heterocycles. The third-order valence-electron chi connectivity index (χ3n) is 0. The summed E-state index contributed by atoms with van der Waals surface area (Å²) in [4.78, 5) is 21.6. The summed E-state index contributed by atoms with van der Waals surface area (Å²) in [6, 6.07) is 0. The maximum atomic E-state index is 8.88. The molecule has 0 fully saturated rings. The summed E-state index contributed by atoms with van der Waals surface area (Å²) in [6.07, 6.45) is 0. The molecule has 0 aromatic rings. The molecule has 6 nitrogen and oxygen atoms in total. The second-order valence-corrected chi connectivity index (χ2v) is 1.54. The van der Waals surface area contributed by atoms with E-state index in [0.717, 1.165) is 0 Å². The van der Waals surface area contributed by atoms with Gasteiger partial charge in [0, 0.05) is 0 Å². The minimum absolute atomic E-state index is 0. The molecule has 53 valence electrons. The topological polar surface area (TPSA) is 141 Å². The van der Waals surface area contributed by atoms with Crippen LogP contribution in [0.1, 0.15) is 0 Å². The van der Waals surface area contributed by atoms with Gasteiger partial charge < -0.3 is 25.6 Å². The van der Waals surface area contributed by atoms with Crippen molar-refractivity contribution in [1.82, 2.24) is 0 Å². The summed E-state index contributed by atoms with van der Waals surface area (Å²) in [5.41, 5.74) is 0. The Balaban J connectivity index is -0.0000000267. The van der Waals surface area contributed by atoms with Crippen LogP contribution in [0.2, 0.25) is 0 Å². The molecule has 0 saturated carbocycles. The SMILES string of the molecule is O.O.O=P(O)(O)O.[GaH2]. The molecule has 0 atom stereocenters. The standard InChI is InChI=1S/Ga.H3O4P.2H2O.2H/c;1-5(2,3)4;;;;/h;(H3,1,2,3,4);2*1H2;;. The molecule has 7 N–H and O–H groups in total. The average molecular weight is 206 g/mol. The van der Waals surface area contributed by atoms with Gasteiger partial charge in [0.15, 0.2) is 0 Å². The molecule has 0 amide bonds. The maximum absolute atomic E-state index is 8.88. The Kier molecular flexibility index (Phi) is 22.4. The van der Waals surface area contributed by atoms with Gasteiger partial charge in [0.1, 0.15) is 0 Å². The van der Waals surface area contributed by atoms with Gasteiger partial charge in [0.05, 0.1) is 0 Å². The first-order valence-corrected chi connectivity index (χ1v) is 2.35. The van der Waals surface area contributed by atoms with E-state index in [4.69, 9.17) is 19.2 Å². The van der Waals surface area contributed by atoms with Crippen molar-refractivity contribution >= 4 is 27.6 Å². The summed E-state index contributed by atoms with van der Waals surface area (Å²) < 4.78 is 8.88. The summed E-state index contributed by atoms with van der Waals surface area (Å²) in [5.74, 6) is 0. The molecule has 0 spiro atoms. The summed E-state index contributed by atoms with van der Waals surface area (Å²) in [6.45, 7) is 0. The predicted molar refractivity (Wildman–Crippen MR) is 30.0 cm³/mol. The molecule has 0 bridgehead atoms. The van der Waals surface area contributed by atoms with E-state index in [1.54, 1.807) is 0 Å². The fourth-order valence-electron chi connectivity index (χ4n) is 0. The summed E-state index contributed by atoms with van der Waals surface area (Å²) in [5, 5.41) is 0. The normalized spacial score (nSPS) is 7.38. The summed E-state index contributed by atoms with van der Waals surface area (Å²) >= 11 is 0. The fraction of sp³-hybridized carbons (Fsp3) is 0. The zero-order valence-electron chi connectivity index (χ0n) is 4.20. The first kappa shape index (κ1) is 23.4. The van der Waals surface area contributed by atoms with Crippen LogP contribution in [0.15, 0.2) is 0 Å². The summed E-state index contributed by atoms with van der Waals surface area (Å²) in [7, 11) is -4.64. The Bertz CT molecular complexity index is 54.7. The molecular formula is H9GaO6P. The predicted octanol–water partition coefficient (Wildman–Crippen LogP) is -3.49. The van der Waals surface area contributed by atoms with Crippen molar-refractivity contribution < 1.29 is 30.2 Å². The van der Waals surface area contributed by atoms with Crippen LogP contribution in [0.4, 0.5) is 0 Å². The van der Waals surface area contributed by atoms with Crippen LogP contribution < -0.4 is 0 Å². The molecule has 0 rings (SSSR count). The van der Waals surface area contributed by atoms with E-state index >= 15 is 0 Å². The second-order valence-electron chi connectivity index (χ2n) is 0.513. The van der Waals surface area contributed by atoms with Gasteiger partial charge >= 0.3 is 27.6 Å². The Morgan fingerprint density at radius 3 is 1.00 bits per heavy atom. The molecule has 0 heterocycles. The zero-order chi connectivity index (χ0) is 4.50. The van der Waals surface area contributed by atoms with Gasteiger partial charge in [-0.2, -0.15) is 0 Å². The number of rotatable bonds is 0. The minimum atomic E-state index is -4.64. The Hall–Kier alpha value is 0.666. The second kappa shape index (κ2) is 7.67. The number of hydrogen-bond acceptors (Lipinski definition) is 1. The molecule has 0 saturated heterocycles. The molecule has 0 aliphatic rings. The van der Waals surface area contributed by atoms with Crippen LogP contribution in [0, 0.1) is 0 Å². The quantitative estimate of drug-likeness (QED) is 0.279. The Morgan fingerprint density at radius 1 is 1.00 bits per heavy atom. The first-order chi connectivity index (χ1) is 2.00. The van der Waals surface area contributed by atoms with E-state index in [1.807, 2.05) is 0 Å². The van der Waals surface area contributed by atoms with E-state index in [-0.39, 0.29) is 30.7 Å². The van der Waals surface area contributed by atoms with Gasteiger partial charge in [-0.3, -0.25) is 0 Å². The zero-order valence-corrected chi connectivity index (χ0v) is 9.29. The molecule has 0 aromatic carbocycles. The van der Waals surface area contributed by atoms with Crippen LogP contribution >= 0.6 is 7.82 Å². The van der Waals surface area contributed by atoms with Crippen LogP contribution in [-0.4, -0.2) is 45.4 Å². The van der Waals surface area contributed by atoms with Gasteiger partial charge in [-0.05, 0) is 0 Å². The van der Waals surface area contributed by atoms with E-state index in [9.17, 15) is 0 Å². The van der Waals surface area contributed by atoms with Gasteiger partial charge in [-0.25, -0.2) is 4.57 Å². The van der Waals surface area contributed by atoms with Gasteiger partial charge in [0.2, 0.25) is 0 Å². The third-order valence-corrected chi connectivity index (χ3v) is 0. The van der Waals surface area contributed by atoms with E-state index in [1.165, 1.54) is 0 Å². The van der Waals surface area contributed by atoms with Crippen molar-refractivity contribution in [3.05, 3.63) is 0 Å². The Morgan fingerprint density at radius 2 is 1.00 bits per heavy atom. The monoisotopic (exact) mass is 205 g/mol. The average Bonchev–Trinajstić information content (AvgIpc) is 0.722. The number of phosphoric acid groups is 1. The molecule has 8 heavy (non-hydrogen) atoms. The van der Waals surface area contributed by atoms with Gasteiger partial charge in [-0.15, -0.1) is 0 Å². The van der Waals surface area contributed by atoms with Crippen LogP contribution in [0.25, 0.3) is 0 Å². The fourth-order valence-corrected chi connectivity index (χ4v) is 0. The van der Waals surface area contributed by atoms with Crippen molar-refractivity contribution in [3.63, 3.8) is 0 Å². The van der Waals surface area contributed by atoms with Crippen molar-refractivity contribution in [3.8, 4) is 0 Å². The van der Waals surface area contributed by atoms with Crippen molar-refractivity contribution in [2.75, 3.05) is 0 Å². The van der Waals surface area contributed by atoms with E-state index < -0.39 is 7.82 Å². The van der Waals surface area contributed by atoms with Crippen LogP contribution in [-0.2, 0) is 4.57 Å². The van der Waals surface area contributed by atoms with Gasteiger partial charge in [0.25, 0.3) is 0 Å². The van der Waals surface area contributed by atoms with Gasteiger partial charge in [-0.1, -0.05) is 0 Å². The molecule has 0 aliphatic carbocycles.